The van der Waals surface area contributed by atoms with Crippen molar-refractivity contribution in [2.24, 2.45) is 0 Å². The summed E-state index contributed by atoms with van der Waals surface area (Å²) in [6.45, 7) is 0. The number of rotatable bonds is 2. The number of aromatic nitrogens is 2. The van der Waals surface area contributed by atoms with Gasteiger partial charge in [0, 0.05) is 27.0 Å². The van der Waals surface area contributed by atoms with Gasteiger partial charge in [0.15, 0.2) is 0 Å². The molecule has 0 saturated carbocycles. The Balaban J connectivity index is 1.65. The molecule has 0 aliphatic carbocycles. The van der Waals surface area contributed by atoms with Crippen LogP contribution in [0.25, 0.3) is 49.5 Å². The van der Waals surface area contributed by atoms with Crippen molar-refractivity contribution in [1.82, 2.24) is 9.55 Å². The fourth-order valence-electron chi connectivity index (χ4n) is 4.33. The number of hydrogen-bond acceptors (Lipinski definition) is 1. The van der Waals surface area contributed by atoms with Crippen LogP contribution in [-0.4, -0.2) is 9.55 Å². The molecule has 0 amide bonds. The summed E-state index contributed by atoms with van der Waals surface area (Å²) in [5.74, 6) is 0.923. The Hall–Kier alpha value is -3.43. The maximum Gasteiger partial charge on any atom is 0.137 e. The molecule has 0 radical (unpaired) electrons. The summed E-state index contributed by atoms with van der Waals surface area (Å²) in [6, 6.07) is 34.1. The quantitative estimate of drug-likeness (QED) is 0.264. The van der Waals surface area contributed by atoms with Gasteiger partial charge in [-0.25, -0.2) is 4.98 Å². The van der Waals surface area contributed by atoms with Crippen LogP contribution in [0.2, 0.25) is 0 Å². The van der Waals surface area contributed by atoms with Crippen LogP contribution in [0.1, 0.15) is 0 Å². The van der Waals surface area contributed by atoms with Crippen LogP contribution in [0.5, 0.6) is 0 Å². The summed E-state index contributed by atoms with van der Waals surface area (Å²) in [5.41, 5.74) is 4.62. The first-order valence-electron chi connectivity index (χ1n) is 9.93. The number of fused-ring (bicyclic) bond motifs is 5. The van der Waals surface area contributed by atoms with Gasteiger partial charge in [0.05, 0.1) is 11.0 Å². The lowest BCUT2D eigenvalue weighted by Gasteiger charge is -2.08. The summed E-state index contributed by atoms with van der Waals surface area (Å²) in [6.07, 6.45) is 1.96. The zero-order chi connectivity index (χ0) is 20.1. The normalized spacial score (nSPS) is 11.5. The van der Waals surface area contributed by atoms with Crippen molar-refractivity contribution < 1.29 is 0 Å². The molecule has 0 aliphatic heterocycles. The van der Waals surface area contributed by atoms with E-state index in [4.69, 9.17) is 4.98 Å². The third-order valence-electron chi connectivity index (χ3n) is 5.70. The van der Waals surface area contributed by atoms with E-state index in [9.17, 15) is 0 Å². The molecule has 6 rings (SSSR count). The van der Waals surface area contributed by atoms with E-state index in [1.165, 1.54) is 32.6 Å². The summed E-state index contributed by atoms with van der Waals surface area (Å²) in [5, 5.41) is 5.00. The Bertz CT molecular complexity index is 1530. The maximum atomic E-state index is 4.85. The third-order valence-corrected chi connectivity index (χ3v) is 6.19. The highest BCUT2D eigenvalue weighted by atomic mass is 79.9. The SMILES string of the molecule is Brc1ccc2c(c1)c1c3ccccc3ccc1n2-c1ccc(-c2ccccc2)cn1. The zero-order valence-electron chi connectivity index (χ0n) is 16.1. The second-order valence-electron chi connectivity index (χ2n) is 7.45. The molecule has 30 heavy (non-hydrogen) atoms. The largest absolute Gasteiger partial charge is 0.294 e. The fraction of sp³-hybridized carbons (Fsp3) is 0. The first-order chi connectivity index (χ1) is 14.8. The van der Waals surface area contributed by atoms with Crippen molar-refractivity contribution in [1.29, 1.82) is 0 Å². The molecule has 3 heteroatoms. The highest BCUT2D eigenvalue weighted by molar-refractivity contribution is 9.10. The van der Waals surface area contributed by atoms with Gasteiger partial charge in [-0.3, -0.25) is 4.57 Å². The molecule has 2 nitrogen and oxygen atoms in total. The van der Waals surface area contributed by atoms with Crippen molar-refractivity contribution in [3.8, 4) is 16.9 Å². The lowest BCUT2D eigenvalue weighted by molar-refractivity contribution is 1.08. The molecule has 2 heterocycles. The Morgan fingerprint density at radius 1 is 0.633 bits per heavy atom. The van der Waals surface area contributed by atoms with Crippen LogP contribution >= 0.6 is 15.9 Å². The average molecular weight is 449 g/mol. The van der Waals surface area contributed by atoms with Crippen LogP contribution < -0.4 is 0 Å². The minimum atomic E-state index is 0.923. The number of hydrogen-bond donors (Lipinski definition) is 0. The van der Waals surface area contributed by atoms with E-state index < -0.39 is 0 Å². The predicted octanol–water partition coefficient (Wildman–Crippen LogP) is 7.76. The summed E-state index contributed by atoms with van der Waals surface area (Å²) in [4.78, 5) is 4.85. The molecule has 0 bridgehead atoms. The second-order valence-corrected chi connectivity index (χ2v) is 8.36. The molecule has 142 valence electrons. The van der Waals surface area contributed by atoms with E-state index in [2.05, 4.69) is 111 Å². The monoisotopic (exact) mass is 448 g/mol. The molecule has 0 atom stereocenters. The van der Waals surface area contributed by atoms with Gasteiger partial charge in [-0.15, -0.1) is 0 Å². The average Bonchev–Trinajstić information content (AvgIpc) is 3.13. The van der Waals surface area contributed by atoms with E-state index in [1.54, 1.807) is 0 Å². The van der Waals surface area contributed by atoms with E-state index >= 15 is 0 Å². The van der Waals surface area contributed by atoms with E-state index in [1.807, 2.05) is 12.3 Å². The van der Waals surface area contributed by atoms with Crippen molar-refractivity contribution in [2.45, 2.75) is 0 Å². The molecule has 0 spiro atoms. The van der Waals surface area contributed by atoms with Crippen molar-refractivity contribution in [3.63, 3.8) is 0 Å². The van der Waals surface area contributed by atoms with E-state index in [0.717, 1.165) is 21.4 Å². The third kappa shape index (κ3) is 2.66. The van der Waals surface area contributed by atoms with Gasteiger partial charge in [-0.05, 0) is 52.7 Å². The van der Waals surface area contributed by atoms with Gasteiger partial charge in [0.25, 0.3) is 0 Å². The Labute approximate surface area is 182 Å². The highest BCUT2D eigenvalue weighted by Gasteiger charge is 2.15. The molecule has 0 aliphatic rings. The van der Waals surface area contributed by atoms with Crippen molar-refractivity contribution in [3.05, 3.63) is 108 Å². The molecule has 4 aromatic carbocycles. The molecule has 0 unspecified atom stereocenters. The first kappa shape index (κ1) is 17.4. The van der Waals surface area contributed by atoms with Gasteiger partial charge in [0.2, 0.25) is 0 Å². The molecule has 0 saturated heterocycles. The first-order valence-corrected chi connectivity index (χ1v) is 10.7. The van der Waals surface area contributed by atoms with Crippen LogP contribution in [0.4, 0.5) is 0 Å². The van der Waals surface area contributed by atoms with Crippen LogP contribution in [0.15, 0.2) is 108 Å². The van der Waals surface area contributed by atoms with Crippen molar-refractivity contribution in [2.75, 3.05) is 0 Å². The Morgan fingerprint density at radius 2 is 1.43 bits per heavy atom. The number of benzene rings is 4. The van der Waals surface area contributed by atoms with Gasteiger partial charge < -0.3 is 0 Å². The van der Waals surface area contributed by atoms with E-state index in [0.29, 0.717) is 0 Å². The summed E-state index contributed by atoms with van der Waals surface area (Å²) >= 11 is 3.66. The van der Waals surface area contributed by atoms with Crippen LogP contribution in [-0.2, 0) is 0 Å². The van der Waals surface area contributed by atoms with Crippen LogP contribution in [0, 0.1) is 0 Å². The lowest BCUT2D eigenvalue weighted by atomic mass is 10.0. The minimum absolute atomic E-state index is 0.923. The van der Waals surface area contributed by atoms with Crippen molar-refractivity contribution >= 4 is 48.5 Å². The summed E-state index contributed by atoms with van der Waals surface area (Å²) < 4.78 is 3.34. The fourth-order valence-corrected chi connectivity index (χ4v) is 4.69. The zero-order valence-corrected chi connectivity index (χ0v) is 17.7. The number of nitrogens with zero attached hydrogens (tertiary/aromatic N) is 2. The molecule has 2 aromatic heterocycles. The van der Waals surface area contributed by atoms with Crippen LogP contribution in [0.3, 0.4) is 0 Å². The van der Waals surface area contributed by atoms with Gasteiger partial charge >= 0.3 is 0 Å². The number of pyridine rings is 1. The van der Waals surface area contributed by atoms with Gasteiger partial charge in [-0.1, -0.05) is 76.6 Å². The molecule has 0 fully saturated rings. The van der Waals surface area contributed by atoms with Gasteiger partial charge in [-0.2, -0.15) is 0 Å². The second kappa shape index (κ2) is 6.82. The standard InChI is InChI=1S/C27H17BrN2/c28-21-12-14-24-23(16-21)27-22-9-5-4-8-19(22)10-13-25(27)30(24)26-15-11-20(17-29-26)18-6-2-1-3-7-18/h1-17H. The lowest BCUT2D eigenvalue weighted by Crippen LogP contribution is -1.97. The molecular formula is C27H17BrN2. The predicted molar refractivity (Wildman–Crippen MR) is 129 cm³/mol. The Morgan fingerprint density at radius 3 is 2.27 bits per heavy atom. The topological polar surface area (TPSA) is 17.8 Å². The van der Waals surface area contributed by atoms with Gasteiger partial charge in [0.1, 0.15) is 5.82 Å². The maximum absolute atomic E-state index is 4.85. The smallest absolute Gasteiger partial charge is 0.137 e. The highest BCUT2D eigenvalue weighted by Crippen LogP contribution is 2.37. The minimum Gasteiger partial charge on any atom is -0.294 e. The van der Waals surface area contributed by atoms with E-state index in [-0.39, 0.29) is 0 Å². The number of halogens is 1. The Kier molecular flexibility index (Phi) is 3.96. The molecule has 0 N–H and O–H groups in total. The molecular weight excluding hydrogens is 432 g/mol. The summed E-state index contributed by atoms with van der Waals surface area (Å²) in [7, 11) is 0. The molecule has 6 aromatic rings.